The summed E-state index contributed by atoms with van der Waals surface area (Å²) in [6.07, 6.45) is -3.69. The normalized spacial score (nSPS) is 13.7. The summed E-state index contributed by atoms with van der Waals surface area (Å²) < 4.78 is 41.9. The van der Waals surface area contributed by atoms with Crippen LogP contribution in [0.25, 0.3) is 0 Å². The van der Waals surface area contributed by atoms with Crippen molar-refractivity contribution in [1.29, 1.82) is 0 Å². The second-order valence-corrected chi connectivity index (χ2v) is 3.11. The molecule has 1 aromatic rings. The molecular weight excluding hydrogens is 209 g/mol. The first-order chi connectivity index (χ1) is 6.86. The molecule has 0 aliphatic rings. The van der Waals surface area contributed by atoms with Crippen LogP contribution >= 0.6 is 0 Å². The third-order valence-electron chi connectivity index (χ3n) is 1.89. The first-order valence-corrected chi connectivity index (χ1v) is 4.23. The molecule has 0 saturated carbocycles. The molecule has 1 heterocycles. The molecule has 0 amide bonds. The van der Waals surface area contributed by atoms with Crippen LogP contribution in [-0.2, 0) is 6.18 Å². The van der Waals surface area contributed by atoms with Crippen LogP contribution < -0.4 is 10.5 Å². The Labute approximate surface area is 85.1 Å². The van der Waals surface area contributed by atoms with E-state index in [-0.39, 0.29) is 11.4 Å². The number of hydrogen-bond acceptors (Lipinski definition) is 3. The molecule has 3 nitrogen and oxygen atoms in total. The van der Waals surface area contributed by atoms with E-state index >= 15 is 0 Å². The van der Waals surface area contributed by atoms with Crippen molar-refractivity contribution in [3.8, 4) is 5.88 Å². The van der Waals surface area contributed by atoms with Gasteiger partial charge < -0.3 is 10.5 Å². The fourth-order valence-corrected chi connectivity index (χ4v) is 1.12. The number of methoxy groups -OCH3 is 1. The maximum absolute atomic E-state index is 12.3. The Morgan fingerprint density at radius 3 is 2.47 bits per heavy atom. The van der Waals surface area contributed by atoms with Crippen LogP contribution in [-0.4, -0.2) is 12.1 Å². The highest BCUT2D eigenvalue weighted by atomic mass is 19.4. The van der Waals surface area contributed by atoms with Crippen LogP contribution in [0.2, 0.25) is 0 Å². The minimum absolute atomic E-state index is 0.123. The monoisotopic (exact) mass is 220 g/mol. The predicted octanol–water partition coefficient (Wildman–Crippen LogP) is 2.13. The number of rotatable bonds is 2. The molecule has 0 fully saturated rings. The molecule has 0 aliphatic carbocycles. The summed E-state index contributed by atoms with van der Waals surface area (Å²) in [7, 11) is 1.33. The van der Waals surface area contributed by atoms with Crippen molar-refractivity contribution in [2.24, 2.45) is 5.73 Å². The smallest absolute Gasteiger partial charge is 0.417 e. The number of ether oxygens (including phenoxy) is 1. The van der Waals surface area contributed by atoms with Crippen molar-refractivity contribution >= 4 is 0 Å². The highest BCUT2D eigenvalue weighted by Gasteiger charge is 2.32. The molecule has 1 unspecified atom stereocenters. The molecule has 0 aliphatic heterocycles. The lowest BCUT2D eigenvalue weighted by Gasteiger charge is -2.13. The van der Waals surface area contributed by atoms with E-state index in [4.69, 9.17) is 10.5 Å². The van der Waals surface area contributed by atoms with Gasteiger partial charge in [-0.1, -0.05) is 0 Å². The Morgan fingerprint density at radius 2 is 2.07 bits per heavy atom. The summed E-state index contributed by atoms with van der Waals surface area (Å²) >= 11 is 0. The van der Waals surface area contributed by atoms with Crippen molar-refractivity contribution in [3.05, 3.63) is 23.4 Å². The maximum atomic E-state index is 12.3. The van der Waals surface area contributed by atoms with E-state index in [1.807, 2.05) is 0 Å². The average Bonchev–Trinajstić information content (AvgIpc) is 2.15. The molecule has 15 heavy (non-hydrogen) atoms. The number of halogens is 3. The Hall–Kier alpha value is -1.30. The van der Waals surface area contributed by atoms with E-state index < -0.39 is 17.8 Å². The van der Waals surface area contributed by atoms with Crippen LogP contribution in [0, 0.1) is 0 Å². The van der Waals surface area contributed by atoms with Crippen LogP contribution in [0.3, 0.4) is 0 Å². The lowest BCUT2D eigenvalue weighted by atomic mass is 10.1. The van der Waals surface area contributed by atoms with Gasteiger partial charge in [0.2, 0.25) is 5.88 Å². The SMILES string of the molecule is COc1ncc(C(F)(F)F)cc1C(C)N. The summed E-state index contributed by atoms with van der Waals surface area (Å²) in [4.78, 5) is 3.56. The maximum Gasteiger partial charge on any atom is 0.417 e. The number of nitrogens with two attached hydrogens (primary N) is 1. The number of pyridine rings is 1. The molecule has 0 radical (unpaired) electrons. The second-order valence-electron chi connectivity index (χ2n) is 3.11. The van der Waals surface area contributed by atoms with Crippen LogP contribution in [0.1, 0.15) is 24.1 Å². The molecule has 1 aromatic heterocycles. The molecule has 1 atom stereocenters. The van der Waals surface area contributed by atoms with Crippen molar-refractivity contribution in [2.75, 3.05) is 7.11 Å². The van der Waals surface area contributed by atoms with Crippen LogP contribution in [0.4, 0.5) is 13.2 Å². The minimum Gasteiger partial charge on any atom is -0.481 e. The zero-order chi connectivity index (χ0) is 11.6. The van der Waals surface area contributed by atoms with E-state index in [1.54, 1.807) is 6.92 Å². The topological polar surface area (TPSA) is 48.1 Å². The zero-order valence-electron chi connectivity index (χ0n) is 8.30. The Balaban J connectivity index is 3.22. The van der Waals surface area contributed by atoms with Gasteiger partial charge in [-0.15, -0.1) is 0 Å². The fraction of sp³-hybridized carbons (Fsp3) is 0.444. The summed E-state index contributed by atoms with van der Waals surface area (Å²) in [5.41, 5.74) is 4.93. The average molecular weight is 220 g/mol. The van der Waals surface area contributed by atoms with E-state index in [1.165, 1.54) is 7.11 Å². The fourth-order valence-electron chi connectivity index (χ4n) is 1.12. The van der Waals surface area contributed by atoms with Gasteiger partial charge in [-0.2, -0.15) is 13.2 Å². The number of nitrogens with zero attached hydrogens (tertiary/aromatic N) is 1. The highest BCUT2D eigenvalue weighted by Crippen LogP contribution is 2.32. The van der Waals surface area contributed by atoms with E-state index in [2.05, 4.69) is 4.98 Å². The van der Waals surface area contributed by atoms with Crippen LogP contribution in [0.15, 0.2) is 12.3 Å². The summed E-state index contributed by atoms with van der Waals surface area (Å²) in [6.45, 7) is 1.57. The molecule has 1 rings (SSSR count). The van der Waals surface area contributed by atoms with E-state index in [0.717, 1.165) is 12.3 Å². The molecule has 0 saturated heterocycles. The third-order valence-corrected chi connectivity index (χ3v) is 1.89. The lowest BCUT2D eigenvalue weighted by molar-refractivity contribution is -0.137. The van der Waals surface area contributed by atoms with Crippen LogP contribution in [0.5, 0.6) is 5.88 Å². The molecule has 0 bridgehead atoms. The molecule has 0 aromatic carbocycles. The van der Waals surface area contributed by atoms with Gasteiger partial charge in [-0.05, 0) is 13.0 Å². The minimum atomic E-state index is -4.41. The molecule has 6 heteroatoms. The summed E-state index contributed by atoms with van der Waals surface area (Å²) in [5.74, 6) is 0.123. The predicted molar refractivity (Wildman–Crippen MR) is 48.4 cm³/mol. The molecule has 2 N–H and O–H groups in total. The van der Waals surface area contributed by atoms with Gasteiger partial charge >= 0.3 is 6.18 Å². The first kappa shape index (κ1) is 11.8. The number of alkyl halides is 3. The standard InChI is InChI=1S/C9H11F3N2O/c1-5(13)7-3-6(9(10,11)12)4-14-8(7)15-2/h3-5H,13H2,1-2H3. The van der Waals surface area contributed by atoms with Crippen molar-refractivity contribution < 1.29 is 17.9 Å². The quantitative estimate of drug-likeness (QED) is 0.830. The number of hydrogen-bond donors (Lipinski definition) is 1. The number of aromatic nitrogens is 1. The van der Waals surface area contributed by atoms with E-state index in [0.29, 0.717) is 0 Å². The Kier molecular flexibility index (Phi) is 3.18. The van der Waals surface area contributed by atoms with Gasteiger partial charge in [0, 0.05) is 17.8 Å². The molecule has 0 spiro atoms. The first-order valence-electron chi connectivity index (χ1n) is 4.23. The Morgan fingerprint density at radius 1 is 1.47 bits per heavy atom. The Bertz CT molecular complexity index is 350. The summed E-state index contributed by atoms with van der Waals surface area (Å²) in [5, 5.41) is 0. The zero-order valence-corrected chi connectivity index (χ0v) is 8.30. The lowest BCUT2D eigenvalue weighted by Crippen LogP contribution is -2.12. The molecule has 84 valence electrons. The van der Waals surface area contributed by atoms with Gasteiger partial charge in [-0.3, -0.25) is 0 Å². The van der Waals surface area contributed by atoms with Gasteiger partial charge in [0.05, 0.1) is 12.7 Å². The van der Waals surface area contributed by atoms with Gasteiger partial charge in [0.15, 0.2) is 0 Å². The highest BCUT2D eigenvalue weighted by molar-refractivity contribution is 5.33. The largest absolute Gasteiger partial charge is 0.481 e. The van der Waals surface area contributed by atoms with Crippen molar-refractivity contribution in [2.45, 2.75) is 19.1 Å². The van der Waals surface area contributed by atoms with Gasteiger partial charge in [-0.25, -0.2) is 4.98 Å². The second kappa shape index (κ2) is 4.06. The van der Waals surface area contributed by atoms with Crippen molar-refractivity contribution in [1.82, 2.24) is 4.98 Å². The summed E-state index contributed by atoms with van der Waals surface area (Å²) in [6, 6.07) is 0.394. The molecular formula is C9H11F3N2O. The van der Waals surface area contributed by atoms with E-state index in [9.17, 15) is 13.2 Å². The van der Waals surface area contributed by atoms with Crippen molar-refractivity contribution in [3.63, 3.8) is 0 Å². The van der Waals surface area contributed by atoms with Gasteiger partial charge in [0.1, 0.15) is 0 Å². The van der Waals surface area contributed by atoms with Gasteiger partial charge in [0.25, 0.3) is 0 Å². The third kappa shape index (κ3) is 2.59.